The van der Waals surface area contributed by atoms with Gasteiger partial charge in [0.25, 0.3) is 0 Å². The Labute approximate surface area is 164 Å². The maximum atomic E-state index is 10.8. The molecular formula is C21H39IO2. The standard InChI is InChI=1S/C21H39IO2/c1-21(2,19-20(23)24)17-15-13-11-9-7-5-3-4-6-8-10-12-14-16-18-22/h16,18H,3-15,17,19H2,1-2H3,(H,23,24)/b18-16+/i22-2. The number of carboxylic acids is 1. The minimum absolute atomic E-state index is 0.0434. The summed E-state index contributed by atoms with van der Waals surface area (Å²) in [5, 5.41) is 8.87. The van der Waals surface area contributed by atoms with Crippen molar-refractivity contribution in [2.75, 3.05) is 0 Å². The van der Waals surface area contributed by atoms with E-state index < -0.39 is 5.97 Å². The van der Waals surface area contributed by atoms with Crippen LogP contribution in [-0.2, 0) is 4.79 Å². The van der Waals surface area contributed by atoms with Gasteiger partial charge in [-0.3, -0.25) is 4.79 Å². The molecule has 0 bridgehead atoms. The van der Waals surface area contributed by atoms with Crippen molar-refractivity contribution >= 4 is 28.6 Å². The van der Waals surface area contributed by atoms with E-state index in [1.807, 2.05) is 0 Å². The van der Waals surface area contributed by atoms with Crippen LogP contribution < -0.4 is 0 Å². The fourth-order valence-electron chi connectivity index (χ4n) is 3.19. The van der Waals surface area contributed by atoms with Crippen molar-refractivity contribution in [3.63, 3.8) is 0 Å². The van der Waals surface area contributed by atoms with Gasteiger partial charge in [0.2, 0.25) is 0 Å². The van der Waals surface area contributed by atoms with Crippen LogP contribution in [-0.4, -0.2) is 11.1 Å². The van der Waals surface area contributed by atoms with E-state index in [1.54, 1.807) is 0 Å². The molecule has 0 aliphatic heterocycles. The molecule has 0 saturated heterocycles. The van der Waals surface area contributed by atoms with Gasteiger partial charge in [0, 0.05) is 0 Å². The van der Waals surface area contributed by atoms with Gasteiger partial charge in [-0.25, -0.2) is 0 Å². The van der Waals surface area contributed by atoms with Gasteiger partial charge in [-0.05, 0) is 28.8 Å². The van der Waals surface area contributed by atoms with E-state index in [1.165, 1.54) is 83.5 Å². The summed E-state index contributed by atoms with van der Waals surface area (Å²) in [6.07, 6.45) is 21.1. The second kappa shape index (κ2) is 16.4. The molecule has 0 aliphatic carbocycles. The first kappa shape index (κ1) is 23.9. The Morgan fingerprint density at radius 3 is 1.67 bits per heavy atom. The summed E-state index contributed by atoms with van der Waals surface area (Å²) < 4.78 is 2.12. The van der Waals surface area contributed by atoms with E-state index in [0.29, 0.717) is 6.42 Å². The van der Waals surface area contributed by atoms with Gasteiger partial charge < -0.3 is 5.11 Å². The van der Waals surface area contributed by atoms with Crippen LogP contribution >= 0.6 is 22.6 Å². The minimum Gasteiger partial charge on any atom is -0.481 e. The fourth-order valence-corrected chi connectivity index (χ4v) is 3.55. The van der Waals surface area contributed by atoms with E-state index in [9.17, 15) is 4.79 Å². The molecule has 0 heterocycles. The highest BCUT2D eigenvalue weighted by Gasteiger charge is 2.20. The molecule has 0 rings (SSSR count). The number of carbonyl (C=O) groups is 1. The second-order valence-electron chi connectivity index (χ2n) is 7.88. The number of allylic oxidation sites excluding steroid dienone is 1. The smallest absolute Gasteiger partial charge is 0.303 e. The number of unbranched alkanes of at least 4 members (excludes halogenated alkanes) is 12. The third-order valence-electron chi connectivity index (χ3n) is 4.69. The predicted molar refractivity (Wildman–Crippen MR) is 114 cm³/mol. The zero-order valence-electron chi connectivity index (χ0n) is 16.0. The summed E-state index contributed by atoms with van der Waals surface area (Å²) in [6, 6.07) is 0. The van der Waals surface area contributed by atoms with Gasteiger partial charge in [-0.15, -0.1) is 0 Å². The van der Waals surface area contributed by atoms with Gasteiger partial charge in [0.15, 0.2) is 0 Å². The molecule has 24 heavy (non-hydrogen) atoms. The Morgan fingerprint density at radius 1 is 0.833 bits per heavy atom. The molecule has 142 valence electrons. The quantitative estimate of drug-likeness (QED) is 0.181. The number of halogens is 1. The molecule has 2 nitrogen and oxygen atoms in total. The Balaban J connectivity index is 3.21. The van der Waals surface area contributed by atoms with Crippen LogP contribution in [0.25, 0.3) is 0 Å². The number of aliphatic carboxylic acids is 1. The highest BCUT2D eigenvalue weighted by atomic mass is 125. The molecule has 3 heteroatoms. The molecule has 0 atom stereocenters. The average molecular weight is 448 g/mol. The first-order valence-corrected chi connectivity index (χ1v) is 11.2. The molecule has 0 aromatic heterocycles. The first-order chi connectivity index (χ1) is 11.5. The molecule has 0 aliphatic rings. The highest BCUT2D eigenvalue weighted by molar-refractivity contribution is 14.1. The van der Waals surface area contributed by atoms with Crippen LogP contribution in [0.2, 0.25) is 0 Å². The van der Waals surface area contributed by atoms with Gasteiger partial charge >= 0.3 is 5.97 Å². The Kier molecular flexibility index (Phi) is 16.4. The van der Waals surface area contributed by atoms with Crippen LogP contribution in [0.1, 0.15) is 110 Å². The molecule has 0 radical (unpaired) electrons. The molecule has 0 aromatic rings. The zero-order chi connectivity index (χ0) is 18.1. The number of carboxylic acid groups (broad SMARTS) is 1. The number of hydrogen-bond donors (Lipinski definition) is 1. The number of hydrogen-bond acceptors (Lipinski definition) is 1. The molecule has 0 spiro atoms. The lowest BCUT2D eigenvalue weighted by atomic mass is 9.83. The fraction of sp³-hybridized carbons (Fsp3) is 0.857. The monoisotopic (exact) mass is 448 g/mol. The third-order valence-corrected chi connectivity index (χ3v) is 5.20. The van der Waals surface area contributed by atoms with Gasteiger partial charge in [0.1, 0.15) is 0 Å². The molecule has 0 amide bonds. The van der Waals surface area contributed by atoms with E-state index in [2.05, 4.69) is 46.6 Å². The summed E-state index contributed by atoms with van der Waals surface area (Å²) in [5.41, 5.74) is -0.0434. The largest absolute Gasteiger partial charge is 0.481 e. The molecular weight excluding hydrogens is 409 g/mol. The van der Waals surface area contributed by atoms with Crippen molar-refractivity contribution in [3.8, 4) is 0 Å². The van der Waals surface area contributed by atoms with Crippen molar-refractivity contribution in [1.29, 1.82) is 0 Å². The summed E-state index contributed by atoms with van der Waals surface area (Å²) in [6.45, 7) is 4.14. The molecule has 0 fully saturated rings. The summed E-state index contributed by atoms with van der Waals surface area (Å²) in [7, 11) is 0. The van der Waals surface area contributed by atoms with Gasteiger partial charge in [0.05, 0.1) is 6.42 Å². The Morgan fingerprint density at radius 2 is 1.25 bits per heavy atom. The van der Waals surface area contributed by atoms with Crippen LogP contribution in [0.4, 0.5) is 0 Å². The molecule has 0 unspecified atom stereocenters. The van der Waals surface area contributed by atoms with Crippen LogP contribution in [0.3, 0.4) is 0 Å². The minimum atomic E-state index is -0.669. The van der Waals surface area contributed by atoms with E-state index in [4.69, 9.17) is 5.11 Å². The first-order valence-electron chi connectivity index (χ1n) is 9.95. The zero-order valence-corrected chi connectivity index (χ0v) is 18.2. The van der Waals surface area contributed by atoms with Crippen LogP contribution in [0.15, 0.2) is 10.2 Å². The second-order valence-corrected chi connectivity index (χ2v) is 8.60. The van der Waals surface area contributed by atoms with Crippen LogP contribution in [0, 0.1) is 5.41 Å². The lowest BCUT2D eigenvalue weighted by Crippen LogP contribution is -2.16. The van der Waals surface area contributed by atoms with Gasteiger partial charge in [-0.2, -0.15) is 0 Å². The maximum absolute atomic E-state index is 10.8. The van der Waals surface area contributed by atoms with E-state index >= 15 is 0 Å². The molecule has 0 saturated carbocycles. The molecule has 0 aromatic carbocycles. The van der Waals surface area contributed by atoms with E-state index in [0.717, 1.165) is 6.42 Å². The predicted octanol–water partition coefficient (Wildman–Crippen LogP) is 7.90. The molecule has 1 N–H and O–H groups in total. The topological polar surface area (TPSA) is 37.3 Å². The van der Waals surface area contributed by atoms with Gasteiger partial charge in [-0.1, -0.05) is 113 Å². The Hall–Kier alpha value is -0.0600. The Bertz CT molecular complexity index is 324. The van der Waals surface area contributed by atoms with Crippen molar-refractivity contribution in [3.05, 3.63) is 10.2 Å². The normalized spacial score (nSPS) is 12.1. The summed E-state index contributed by atoms with van der Waals surface area (Å²) in [4.78, 5) is 10.8. The maximum Gasteiger partial charge on any atom is 0.303 e. The van der Waals surface area contributed by atoms with Crippen molar-refractivity contribution in [1.82, 2.24) is 0 Å². The van der Waals surface area contributed by atoms with Crippen LogP contribution in [0.5, 0.6) is 0 Å². The van der Waals surface area contributed by atoms with Crippen molar-refractivity contribution < 1.29 is 9.90 Å². The average Bonchev–Trinajstić information content (AvgIpc) is 2.49. The number of rotatable bonds is 17. The summed E-state index contributed by atoms with van der Waals surface area (Å²) in [5.74, 6) is -0.669. The summed E-state index contributed by atoms with van der Waals surface area (Å²) >= 11 is 2.29. The SMILES string of the molecule is CC(C)(CCCCCCCCCCCCCC/C=C/[125I])CC(=O)O. The van der Waals surface area contributed by atoms with Crippen molar-refractivity contribution in [2.45, 2.75) is 110 Å². The lowest BCUT2D eigenvalue weighted by molar-refractivity contribution is -0.139. The lowest BCUT2D eigenvalue weighted by Gasteiger charge is -2.21. The van der Waals surface area contributed by atoms with Crippen molar-refractivity contribution in [2.24, 2.45) is 5.41 Å². The van der Waals surface area contributed by atoms with E-state index in [-0.39, 0.29) is 5.41 Å². The third kappa shape index (κ3) is 18.3. The highest BCUT2D eigenvalue weighted by Crippen LogP contribution is 2.28.